The molecule has 1 atom stereocenters. The van der Waals surface area contributed by atoms with Crippen LogP contribution in [0.3, 0.4) is 0 Å². The normalized spacial score (nSPS) is 12.2. The number of carboxylic acid groups (broad SMARTS) is 1. The van der Waals surface area contributed by atoms with Crippen molar-refractivity contribution < 1.29 is 14.7 Å². The molecule has 11 nitrogen and oxygen atoms in total. The van der Waals surface area contributed by atoms with Crippen LogP contribution in [0.1, 0.15) is 0 Å². The molecule has 100 valence electrons. The lowest BCUT2D eigenvalue weighted by atomic mass is 10.4. The molecule has 0 fully saturated rings. The van der Waals surface area contributed by atoms with Gasteiger partial charge in [0.15, 0.2) is 17.2 Å². The van der Waals surface area contributed by atoms with E-state index < -0.39 is 17.6 Å². The van der Waals surface area contributed by atoms with E-state index in [4.69, 9.17) is 5.11 Å². The van der Waals surface area contributed by atoms with Crippen LogP contribution in [0.4, 0.5) is 5.95 Å². The third kappa shape index (κ3) is 2.72. The molecule has 0 saturated carbocycles. The SMILES string of the molecule is O=C[C@H](NNNc1nc2nc[nH]c(=O)c2[nH]1)C(=O)O. The zero-order valence-corrected chi connectivity index (χ0v) is 9.30. The highest BCUT2D eigenvalue weighted by molar-refractivity contribution is 5.90. The Kier molecular flexibility index (Phi) is 3.49. The van der Waals surface area contributed by atoms with E-state index in [0.717, 1.165) is 0 Å². The summed E-state index contributed by atoms with van der Waals surface area (Å²) in [6.07, 6.45) is 1.41. The molecular weight excluding hydrogens is 258 g/mol. The summed E-state index contributed by atoms with van der Waals surface area (Å²) in [6, 6.07) is -1.42. The quantitative estimate of drug-likeness (QED) is 0.192. The van der Waals surface area contributed by atoms with Crippen LogP contribution in [0, 0.1) is 0 Å². The lowest BCUT2D eigenvalue weighted by Gasteiger charge is -2.09. The zero-order valence-electron chi connectivity index (χ0n) is 9.30. The number of hydrogen-bond donors (Lipinski definition) is 6. The van der Waals surface area contributed by atoms with E-state index in [1.54, 1.807) is 0 Å². The van der Waals surface area contributed by atoms with Crippen LogP contribution < -0.4 is 21.9 Å². The molecule has 0 aromatic carbocycles. The molecule has 0 amide bonds. The van der Waals surface area contributed by atoms with E-state index in [0.29, 0.717) is 0 Å². The predicted octanol–water partition coefficient (Wildman–Crippen LogP) is -2.28. The minimum absolute atomic E-state index is 0.127. The van der Waals surface area contributed by atoms with Gasteiger partial charge in [0.1, 0.15) is 6.29 Å². The van der Waals surface area contributed by atoms with Crippen LogP contribution in [0.15, 0.2) is 11.1 Å². The monoisotopic (exact) mass is 267 g/mol. The summed E-state index contributed by atoms with van der Waals surface area (Å²) in [5, 5.41) is 8.58. The highest BCUT2D eigenvalue weighted by Gasteiger charge is 2.15. The second kappa shape index (κ2) is 5.24. The Balaban J connectivity index is 2.02. The molecule has 0 saturated heterocycles. The van der Waals surface area contributed by atoms with E-state index in [-0.39, 0.29) is 23.4 Å². The number of aliphatic carboxylic acids is 1. The zero-order chi connectivity index (χ0) is 13.8. The Hall–Kier alpha value is -2.79. The van der Waals surface area contributed by atoms with Crippen LogP contribution in [-0.2, 0) is 9.59 Å². The summed E-state index contributed by atoms with van der Waals surface area (Å²) in [5.41, 5.74) is 6.85. The maximum absolute atomic E-state index is 11.4. The fraction of sp³-hybridized carbons (Fsp3) is 0.125. The van der Waals surface area contributed by atoms with Crippen molar-refractivity contribution >= 4 is 29.4 Å². The molecule has 2 rings (SSSR count). The molecule has 11 heteroatoms. The van der Waals surface area contributed by atoms with Crippen LogP contribution in [0.25, 0.3) is 11.2 Å². The number of nitrogens with zero attached hydrogens (tertiary/aromatic N) is 2. The van der Waals surface area contributed by atoms with Gasteiger partial charge in [0.05, 0.1) is 6.33 Å². The number of H-pyrrole nitrogens is 2. The third-order valence-corrected chi connectivity index (χ3v) is 2.10. The number of carbonyl (C=O) groups excluding carboxylic acids is 1. The van der Waals surface area contributed by atoms with Gasteiger partial charge in [0.25, 0.3) is 5.56 Å². The molecule has 2 heterocycles. The molecule has 0 unspecified atom stereocenters. The smallest absolute Gasteiger partial charge is 0.329 e. The maximum Gasteiger partial charge on any atom is 0.329 e. The van der Waals surface area contributed by atoms with E-state index in [2.05, 4.69) is 36.3 Å². The molecule has 19 heavy (non-hydrogen) atoms. The summed E-state index contributed by atoms with van der Waals surface area (Å²) in [6.45, 7) is 0. The van der Waals surface area contributed by atoms with Gasteiger partial charge in [-0.25, -0.2) is 15.2 Å². The molecule has 0 aliphatic heterocycles. The summed E-state index contributed by atoms with van der Waals surface area (Å²) in [5.74, 6) is -1.21. The van der Waals surface area contributed by atoms with Gasteiger partial charge in [-0.3, -0.25) is 10.2 Å². The number of hydrazine groups is 2. The summed E-state index contributed by atoms with van der Waals surface area (Å²) >= 11 is 0. The first-order valence-electron chi connectivity index (χ1n) is 5.00. The molecule has 0 bridgehead atoms. The number of imidazole rings is 1. The van der Waals surface area contributed by atoms with E-state index in [1.165, 1.54) is 6.33 Å². The number of carboxylic acids is 1. The number of hydrogen-bond acceptors (Lipinski definition) is 8. The summed E-state index contributed by atoms with van der Waals surface area (Å²) in [4.78, 5) is 45.0. The first-order chi connectivity index (χ1) is 9.11. The van der Waals surface area contributed by atoms with Crippen LogP contribution >= 0.6 is 0 Å². The molecule has 0 spiro atoms. The number of aromatic nitrogens is 4. The molecule has 2 aromatic heterocycles. The van der Waals surface area contributed by atoms with Crippen LogP contribution in [0.2, 0.25) is 0 Å². The fourth-order valence-corrected chi connectivity index (χ4v) is 1.23. The lowest BCUT2D eigenvalue weighted by molar-refractivity contribution is -0.141. The molecule has 2 aromatic rings. The van der Waals surface area contributed by atoms with Crippen molar-refractivity contribution in [2.75, 3.05) is 5.43 Å². The van der Waals surface area contributed by atoms with Gasteiger partial charge in [0.2, 0.25) is 5.95 Å². The largest absolute Gasteiger partial charge is 0.480 e. The van der Waals surface area contributed by atoms with Crippen molar-refractivity contribution in [2.45, 2.75) is 6.04 Å². The fourth-order valence-electron chi connectivity index (χ4n) is 1.23. The van der Waals surface area contributed by atoms with E-state index >= 15 is 0 Å². The lowest BCUT2D eigenvalue weighted by Crippen LogP contribution is -2.49. The topological polar surface area (TPSA) is 165 Å². The second-order valence-corrected chi connectivity index (χ2v) is 3.36. The highest BCUT2D eigenvalue weighted by Crippen LogP contribution is 2.04. The summed E-state index contributed by atoms with van der Waals surface area (Å²) < 4.78 is 0. The van der Waals surface area contributed by atoms with Crippen LogP contribution in [-0.4, -0.2) is 43.3 Å². The van der Waals surface area contributed by atoms with E-state index in [9.17, 15) is 14.4 Å². The van der Waals surface area contributed by atoms with Crippen LogP contribution in [0.5, 0.6) is 0 Å². The Labute approximate surface area is 104 Å². The van der Waals surface area contributed by atoms with Crippen molar-refractivity contribution in [1.82, 2.24) is 30.9 Å². The predicted molar refractivity (Wildman–Crippen MR) is 61.9 cm³/mol. The van der Waals surface area contributed by atoms with Gasteiger partial charge in [-0.1, -0.05) is 0 Å². The van der Waals surface area contributed by atoms with Gasteiger partial charge < -0.3 is 19.9 Å². The van der Waals surface area contributed by atoms with Gasteiger partial charge in [-0.05, 0) is 0 Å². The maximum atomic E-state index is 11.4. The first-order valence-corrected chi connectivity index (χ1v) is 5.00. The second-order valence-electron chi connectivity index (χ2n) is 3.36. The molecule has 6 N–H and O–H groups in total. The van der Waals surface area contributed by atoms with Gasteiger partial charge in [-0.2, -0.15) is 10.5 Å². The average Bonchev–Trinajstić information content (AvgIpc) is 2.78. The number of carbonyl (C=O) groups is 2. The Morgan fingerprint density at radius 3 is 2.95 bits per heavy atom. The van der Waals surface area contributed by atoms with Crippen molar-refractivity contribution in [2.24, 2.45) is 0 Å². The first kappa shape index (κ1) is 12.7. The number of aromatic amines is 2. The number of aldehydes is 1. The van der Waals surface area contributed by atoms with Gasteiger partial charge in [0, 0.05) is 0 Å². The summed E-state index contributed by atoms with van der Waals surface area (Å²) in [7, 11) is 0. The standard InChI is InChI=1S/C8H9N7O4/c16-1-3(7(18)19)13-15-14-8-11-4-5(12-8)9-2-10-6(4)17/h1-3,13,15H,(H,18,19)(H3,9,10,11,12,14,17)/t3-/m0/s1. The van der Waals surface area contributed by atoms with E-state index in [1.807, 2.05) is 0 Å². The molecular formula is C8H9N7O4. The van der Waals surface area contributed by atoms with Crippen molar-refractivity contribution in [3.8, 4) is 0 Å². The highest BCUT2D eigenvalue weighted by atomic mass is 16.4. The minimum atomic E-state index is -1.42. The Morgan fingerprint density at radius 1 is 1.53 bits per heavy atom. The number of rotatable bonds is 6. The number of anilines is 1. The molecule has 0 aliphatic carbocycles. The van der Waals surface area contributed by atoms with Crippen molar-refractivity contribution in [1.29, 1.82) is 0 Å². The van der Waals surface area contributed by atoms with Crippen molar-refractivity contribution in [3.05, 3.63) is 16.7 Å². The number of fused-ring (bicyclic) bond motifs is 1. The number of nitrogens with one attached hydrogen (secondary N) is 5. The molecule has 0 aliphatic rings. The van der Waals surface area contributed by atoms with Gasteiger partial charge in [-0.15, -0.1) is 0 Å². The minimum Gasteiger partial charge on any atom is -0.480 e. The average molecular weight is 267 g/mol. The molecule has 0 radical (unpaired) electrons. The van der Waals surface area contributed by atoms with Gasteiger partial charge >= 0.3 is 5.97 Å². The third-order valence-electron chi connectivity index (χ3n) is 2.10. The van der Waals surface area contributed by atoms with Crippen molar-refractivity contribution in [3.63, 3.8) is 0 Å². The Bertz CT molecular complexity index is 662. The Morgan fingerprint density at radius 2 is 2.32 bits per heavy atom.